The molecule has 1 rings (SSSR count). The zero-order valence-electron chi connectivity index (χ0n) is 10.3. The number of carbonyl (C=O) groups is 1. The van der Waals surface area contributed by atoms with Crippen LogP contribution in [0.2, 0.25) is 0 Å². The van der Waals surface area contributed by atoms with E-state index in [0.29, 0.717) is 6.54 Å². The van der Waals surface area contributed by atoms with Gasteiger partial charge in [-0.15, -0.1) is 0 Å². The number of nitrogens with zero attached hydrogens (tertiary/aromatic N) is 1. The molecule has 0 spiro atoms. The van der Waals surface area contributed by atoms with E-state index in [2.05, 4.69) is 0 Å². The fourth-order valence-electron chi connectivity index (χ4n) is 1.40. The number of carboxylic acids is 1. The monoisotopic (exact) mass is 221 g/mol. The second-order valence-corrected chi connectivity index (χ2v) is 4.65. The summed E-state index contributed by atoms with van der Waals surface area (Å²) in [5.74, 6) is -0.802. The lowest BCUT2D eigenvalue weighted by Crippen LogP contribution is -2.47. The van der Waals surface area contributed by atoms with Crippen molar-refractivity contribution in [3.63, 3.8) is 0 Å². The molecule has 0 fully saturated rings. The highest BCUT2D eigenvalue weighted by Gasteiger charge is 2.31. The van der Waals surface area contributed by atoms with E-state index in [9.17, 15) is 4.79 Å². The van der Waals surface area contributed by atoms with Gasteiger partial charge in [0.15, 0.2) is 0 Å². The Morgan fingerprint density at radius 1 is 1.38 bits per heavy atom. The van der Waals surface area contributed by atoms with Crippen LogP contribution in [0.5, 0.6) is 0 Å². The Labute approximate surface area is 96.7 Å². The SMILES string of the molecule is Cc1ccccc1CN(C)C(C)(C)C(=O)O. The third-order valence-electron chi connectivity index (χ3n) is 3.15. The van der Waals surface area contributed by atoms with Crippen molar-refractivity contribution in [2.24, 2.45) is 0 Å². The van der Waals surface area contributed by atoms with Crippen molar-refractivity contribution >= 4 is 5.97 Å². The smallest absolute Gasteiger partial charge is 0.323 e. The Bertz CT molecular complexity index is 385. The molecule has 16 heavy (non-hydrogen) atoms. The average molecular weight is 221 g/mol. The molecule has 0 aliphatic carbocycles. The van der Waals surface area contributed by atoms with Gasteiger partial charge in [-0.3, -0.25) is 9.69 Å². The molecule has 0 radical (unpaired) electrons. The van der Waals surface area contributed by atoms with Crippen molar-refractivity contribution in [1.82, 2.24) is 4.90 Å². The summed E-state index contributed by atoms with van der Waals surface area (Å²) in [5, 5.41) is 9.12. The van der Waals surface area contributed by atoms with Crippen molar-refractivity contribution in [3.05, 3.63) is 35.4 Å². The lowest BCUT2D eigenvalue weighted by molar-refractivity contribution is -0.148. The van der Waals surface area contributed by atoms with Crippen LogP contribution < -0.4 is 0 Å². The third-order valence-corrected chi connectivity index (χ3v) is 3.15. The molecule has 0 bridgehead atoms. The molecule has 0 atom stereocenters. The van der Waals surface area contributed by atoms with Gasteiger partial charge in [0.2, 0.25) is 0 Å². The van der Waals surface area contributed by atoms with E-state index in [1.54, 1.807) is 13.8 Å². The van der Waals surface area contributed by atoms with Crippen LogP contribution in [0, 0.1) is 6.92 Å². The molecule has 1 N–H and O–H groups in total. The summed E-state index contributed by atoms with van der Waals surface area (Å²) in [5.41, 5.74) is 1.51. The predicted octanol–water partition coefficient (Wildman–Crippen LogP) is 2.29. The summed E-state index contributed by atoms with van der Waals surface area (Å²) in [6, 6.07) is 8.03. The fourth-order valence-corrected chi connectivity index (χ4v) is 1.40. The minimum absolute atomic E-state index is 0.645. The molecule has 88 valence electrons. The van der Waals surface area contributed by atoms with Crippen molar-refractivity contribution in [2.75, 3.05) is 7.05 Å². The lowest BCUT2D eigenvalue weighted by atomic mass is 10.0. The summed E-state index contributed by atoms with van der Waals surface area (Å²) >= 11 is 0. The van der Waals surface area contributed by atoms with Gasteiger partial charge in [0, 0.05) is 6.54 Å². The summed E-state index contributed by atoms with van der Waals surface area (Å²) in [6.45, 7) is 6.12. The van der Waals surface area contributed by atoms with E-state index in [1.807, 2.05) is 43.1 Å². The molecule has 1 aromatic rings. The molecule has 0 aliphatic rings. The maximum absolute atomic E-state index is 11.1. The maximum Gasteiger partial charge on any atom is 0.323 e. The van der Waals surface area contributed by atoms with E-state index in [0.717, 1.165) is 0 Å². The molecule has 0 amide bonds. The Kier molecular flexibility index (Phi) is 3.70. The molecule has 0 saturated heterocycles. The van der Waals surface area contributed by atoms with Gasteiger partial charge in [0.1, 0.15) is 5.54 Å². The minimum Gasteiger partial charge on any atom is -0.480 e. The van der Waals surface area contributed by atoms with Gasteiger partial charge >= 0.3 is 5.97 Å². The summed E-state index contributed by atoms with van der Waals surface area (Å²) in [4.78, 5) is 12.9. The van der Waals surface area contributed by atoms with Gasteiger partial charge in [-0.25, -0.2) is 0 Å². The third kappa shape index (κ3) is 2.61. The molecule has 3 heteroatoms. The van der Waals surface area contributed by atoms with Gasteiger partial charge in [-0.1, -0.05) is 24.3 Å². The molecule has 0 aliphatic heterocycles. The number of aliphatic carboxylic acids is 1. The average Bonchev–Trinajstić information content (AvgIpc) is 2.21. The number of rotatable bonds is 4. The standard InChI is InChI=1S/C13H19NO2/c1-10-7-5-6-8-11(10)9-14(4)13(2,3)12(15)16/h5-8H,9H2,1-4H3,(H,15,16). The van der Waals surface area contributed by atoms with Gasteiger partial charge in [-0.2, -0.15) is 0 Å². The Balaban J connectivity index is 2.83. The van der Waals surface area contributed by atoms with Crippen LogP contribution in [0.25, 0.3) is 0 Å². The summed E-state index contributed by atoms with van der Waals surface area (Å²) < 4.78 is 0. The second-order valence-electron chi connectivity index (χ2n) is 4.65. The van der Waals surface area contributed by atoms with Crippen molar-refractivity contribution < 1.29 is 9.90 Å². The largest absolute Gasteiger partial charge is 0.480 e. The van der Waals surface area contributed by atoms with Gasteiger partial charge in [0.05, 0.1) is 0 Å². The van der Waals surface area contributed by atoms with Crippen LogP contribution in [-0.2, 0) is 11.3 Å². The lowest BCUT2D eigenvalue weighted by Gasteiger charge is -2.31. The maximum atomic E-state index is 11.1. The Hall–Kier alpha value is -1.35. The molecular weight excluding hydrogens is 202 g/mol. The van der Waals surface area contributed by atoms with E-state index < -0.39 is 11.5 Å². The van der Waals surface area contributed by atoms with Crippen LogP contribution in [0.1, 0.15) is 25.0 Å². The first-order chi connectivity index (χ1) is 7.35. The first-order valence-corrected chi connectivity index (χ1v) is 5.35. The number of benzene rings is 1. The zero-order valence-corrected chi connectivity index (χ0v) is 10.3. The summed E-state index contributed by atoms with van der Waals surface area (Å²) in [7, 11) is 1.83. The molecular formula is C13H19NO2. The van der Waals surface area contributed by atoms with Crippen LogP contribution in [0.15, 0.2) is 24.3 Å². The van der Waals surface area contributed by atoms with Gasteiger partial charge < -0.3 is 5.11 Å². The van der Waals surface area contributed by atoms with Crippen LogP contribution in [-0.4, -0.2) is 28.6 Å². The van der Waals surface area contributed by atoms with Gasteiger partial charge in [-0.05, 0) is 38.9 Å². The predicted molar refractivity (Wildman–Crippen MR) is 64.4 cm³/mol. The van der Waals surface area contributed by atoms with Crippen LogP contribution >= 0.6 is 0 Å². The van der Waals surface area contributed by atoms with Crippen LogP contribution in [0.4, 0.5) is 0 Å². The van der Waals surface area contributed by atoms with Crippen molar-refractivity contribution in [1.29, 1.82) is 0 Å². The van der Waals surface area contributed by atoms with Crippen molar-refractivity contribution in [2.45, 2.75) is 32.9 Å². The fraction of sp³-hybridized carbons (Fsp3) is 0.462. The topological polar surface area (TPSA) is 40.5 Å². The number of hydrogen-bond donors (Lipinski definition) is 1. The highest BCUT2D eigenvalue weighted by molar-refractivity contribution is 5.77. The quantitative estimate of drug-likeness (QED) is 0.848. The van der Waals surface area contributed by atoms with E-state index >= 15 is 0 Å². The molecule has 0 heterocycles. The molecule has 3 nitrogen and oxygen atoms in total. The molecule has 0 unspecified atom stereocenters. The van der Waals surface area contributed by atoms with E-state index in [4.69, 9.17) is 5.11 Å². The Morgan fingerprint density at radius 2 is 1.94 bits per heavy atom. The van der Waals surface area contributed by atoms with E-state index in [1.165, 1.54) is 11.1 Å². The van der Waals surface area contributed by atoms with Crippen LogP contribution in [0.3, 0.4) is 0 Å². The second kappa shape index (κ2) is 4.66. The molecule has 0 aromatic heterocycles. The number of aryl methyl sites for hydroxylation is 1. The van der Waals surface area contributed by atoms with E-state index in [-0.39, 0.29) is 0 Å². The normalized spacial score (nSPS) is 11.8. The zero-order chi connectivity index (χ0) is 12.3. The first-order valence-electron chi connectivity index (χ1n) is 5.35. The highest BCUT2D eigenvalue weighted by atomic mass is 16.4. The first kappa shape index (κ1) is 12.7. The summed E-state index contributed by atoms with van der Waals surface area (Å²) in [6.07, 6.45) is 0. The minimum atomic E-state index is -0.845. The number of carboxylic acid groups (broad SMARTS) is 1. The van der Waals surface area contributed by atoms with Crippen molar-refractivity contribution in [3.8, 4) is 0 Å². The molecule has 1 aromatic carbocycles. The number of hydrogen-bond acceptors (Lipinski definition) is 2. The Morgan fingerprint density at radius 3 is 2.44 bits per heavy atom. The highest BCUT2D eigenvalue weighted by Crippen LogP contribution is 2.17. The molecule has 0 saturated carbocycles. The number of likely N-dealkylation sites (N-methyl/N-ethyl adjacent to an activating group) is 1. The van der Waals surface area contributed by atoms with Gasteiger partial charge in [0.25, 0.3) is 0 Å².